The molecule has 2 rings (SSSR count). The number of carbonyl (C=O) groups excluding carboxylic acids is 1. The summed E-state index contributed by atoms with van der Waals surface area (Å²) in [5.74, 6) is -1.47. The molecule has 1 aliphatic heterocycles. The van der Waals surface area contributed by atoms with Crippen molar-refractivity contribution in [3.05, 3.63) is 47.8 Å². The zero-order valence-corrected chi connectivity index (χ0v) is 13.3. The van der Waals surface area contributed by atoms with E-state index in [1.165, 1.54) is 11.0 Å². The minimum atomic E-state index is -0.890. The maximum atomic E-state index is 14.2. The molecule has 120 valence electrons. The van der Waals surface area contributed by atoms with E-state index in [1.807, 2.05) is 6.92 Å². The average molecular weight is 307 g/mol. The third-order valence-corrected chi connectivity index (χ3v) is 4.16. The summed E-state index contributed by atoms with van der Waals surface area (Å²) in [6.07, 6.45) is 1.22. The highest BCUT2D eigenvalue weighted by Crippen LogP contribution is 2.28. The van der Waals surface area contributed by atoms with Crippen LogP contribution < -0.4 is 0 Å². The quantitative estimate of drug-likeness (QED) is 0.785. The number of hydrogen-bond acceptors (Lipinski definition) is 3. The highest BCUT2D eigenvalue weighted by molar-refractivity contribution is 5.87. The van der Waals surface area contributed by atoms with Crippen molar-refractivity contribution in [1.29, 1.82) is 0 Å². The van der Waals surface area contributed by atoms with Gasteiger partial charge in [-0.2, -0.15) is 0 Å². The Morgan fingerprint density at radius 3 is 2.73 bits per heavy atom. The largest absolute Gasteiger partial charge is 0.346 e. The predicted octanol–water partition coefficient (Wildman–Crippen LogP) is 2.80. The number of carbonyl (C=O) groups is 1. The lowest BCUT2D eigenvalue weighted by Gasteiger charge is -2.38. The summed E-state index contributed by atoms with van der Waals surface area (Å²) >= 11 is 0. The van der Waals surface area contributed by atoms with Gasteiger partial charge in [0.2, 0.25) is 5.91 Å². The molecular formula is C17H22FNO3. The van der Waals surface area contributed by atoms with Gasteiger partial charge in [-0.25, -0.2) is 4.39 Å². The minimum Gasteiger partial charge on any atom is -0.346 e. The Bertz CT molecular complexity index is 567. The second-order valence-corrected chi connectivity index (χ2v) is 5.61. The highest BCUT2D eigenvalue weighted by atomic mass is 19.1. The Balaban J connectivity index is 2.28. The summed E-state index contributed by atoms with van der Waals surface area (Å²) < 4.78 is 25.5. The van der Waals surface area contributed by atoms with Crippen LogP contribution in [0.15, 0.2) is 30.9 Å². The fourth-order valence-corrected chi connectivity index (χ4v) is 2.59. The van der Waals surface area contributed by atoms with E-state index in [0.29, 0.717) is 24.3 Å². The number of aryl methyl sites for hydroxylation is 1. The van der Waals surface area contributed by atoms with Crippen LogP contribution in [0.1, 0.15) is 25.0 Å². The van der Waals surface area contributed by atoms with Crippen LogP contribution in [0.3, 0.4) is 0 Å². The fraction of sp³-hybridized carbons (Fsp3) is 0.471. The molecule has 0 saturated carbocycles. The van der Waals surface area contributed by atoms with Crippen LogP contribution in [0.2, 0.25) is 0 Å². The summed E-state index contributed by atoms with van der Waals surface area (Å²) in [4.78, 5) is 13.8. The molecule has 0 N–H and O–H groups in total. The van der Waals surface area contributed by atoms with Crippen molar-refractivity contribution in [2.75, 3.05) is 13.2 Å². The van der Waals surface area contributed by atoms with Gasteiger partial charge in [0, 0.05) is 12.1 Å². The van der Waals surface area contributed by atoms with E-state index in [0.717, 1.165) is 0 Å². The first-order valence-electron chi connectivity index (χ1n) is 7.34. The van der Waals surface area contributed by atoms with E-state index in [4.69, 9.17) is 9.47 Å². The van der Waals surface area contributed by atoms with Crippen molar-refractivity contribution >= 4 is 5.91 Å². The molecule has 0 bridgehead atoms. The van der Waals surface area contributed by atoms with Gasteiger partial charge in [0.15, 0.2) is 5.79 Å². The maximum absolute atomic E-state index is 14.2. The second kappa shape index (κ2) is 6.58. The van der Waals surface area contributed by atoms with Crippen LogP contribution in [0, 0.1) is 12.7 Å². The molecule has 1 heterocycles. The molecule has 1 aromatic rings. The predicted molar refractivity (Wildman–Crippen MR) is 81.7 cm³/mol. The van der Waals surface area contributed by atoms with Gasteiger partial charge < -0.3 is 14.4 Å². The summed E-state index contributed by atoms with van der Waals surface area (Å²) in [5.41, 5.74) is 1.01. The number of ether oxygens (including phenoxy) is 2. The van der Waals surface area contributed by atoms with Gasteiger partial charge in [0.1, 0.15) is 5.82 Å². The number of amides is 1. The van der Waals surface area contributed by atoms with Gasteiger partial charge in [-0.15, -0.1) is 0 Å². The number of halogens is 1. The van der Waals surface area contributed by atoms with Crippen LogP contribution >= 0.6 is 0 Å². The molecule has 1 atom stereocenters. The molecule has 1 amide bonds. The summed E-state index contributed by atoms with van der Waals surface area (Å²) in [6, 6.07) is 4.78. The van der Waals surface area contributed by atoms with Gasteiger partial charge in [0.25, 0.3) is 0 Å². The molecule has 1 unspecified atom stereocenters. The third-order valence-electron chi connectivity index (χ3n) is 4.16. The Morgan fingerprint density at radius 2 is 2.14 bits per heavy atom. The molecule has 5 heteroatoms. The maximum Gasteiger partial charge on any atom is 0.246 e. The highest BCUT2D eigenvalue weighted by Gasteiger charge is 2.41. The van der Waals surface area contributed by atoms with Gasteiger partial charge >= 0.3 is 0 Å². The van der Waals surface area contributed by atoms with Crippen molar-refractivity contribution < 1.29 is 18.7 Å². The van der Waals surface area contributed by atoms with E-state index >= 15 is 0 Å². The van der Waals surface area contributed by atoms with E-state index in [-0.39, 0.29) is 24.3 Å². The summed E-state index contributed by atoms with van der Waals surface area (Å²) in [7, 11) is 0. The van der Waals surface area contributed by atoms with E-state index in [1.54, 1.807) is 32.0 Å². The number of hydrogen-bond donors (Lipinski definition) is 0. The number of benzene rings is 1. The van der Waals surface area contributed by atoms with Crippen molar-refractivity contribution in [1.82, 2.24) is 4.90 Å². The van der Waals surface area contributed by atoms with E-state index < -0.39 is 5.79 Å². The summed E-state index contributed by atoms with van der Waals surface area (Å²) in [6.45, 7) is 9.96. The molecule has 1 fully saturated rings. The fourth-order valence-electron chi connectivity index (χ4n) is 2.59. The van der Waals surface area contributed by atoms with Gasteiger partial charge in [-0.05, 0) is 32.4 Å². The van der Waals surface area contributed by atoms with E-state index in [9.17, 15) is 9.18 Å². The first-order chi connectivity index (χ1) is 10.4. The normalized spacial score (nSPS) is 18.0. The molecule has 0 aromatic heterocycles. The zero-order valence-electron chi connectivity index (χ0n) is 13.3. The Morgan fingerprint density at radius 1 is 1.50 bits per heavy atom. The minimum absolute atomic E-state index is 0.141. The number of nitrogens with zero attached hydrogens (tertiary/aromatic N) is 1. The van der Waals surface area contributed by atoms with Crippen LogP contribution in [-0.2, 0) is 20.8 Å². The molecular weight excluding hydrogens is 285 g/mol. The monoisotopic (exact) mass is 307 g/mol. The standard InChI is InChI=1S/C17H22FNO3/c1-5-15(20)19(13(3)17(4)21-9-10-22-17)11-14-8-6-7-12(2)16(14)18/h5-8,13H,1,9-11H2,2-4H3. The zero-order chi connectivity index (χ0) is 16.3. The number of rotatable bonds is 5. The molecule has 4 nitrogen and oxygen atoms in total. The van der Waals surface area contributed by atoms with Crippen LogP contribution in [0.4, 0.5) is 4.39 Å². The van der Waals surface area contributed by atoms with Gasteiger partial charge in [-0.3, -0.25) is 4.79 Å². The molecule has 1 aliphatic rings. The molecule has 0 spiro atoms. The summed E-state index contributed by atoms with van der Waals surface area (Å²) in [5, 5.41) is 0. The van der Waals surface area contributed by atoms with Gasteiger partial charge in [0.05, 0.1) is 19.3 Å². The Labute approximate surface area is 130 Å². The Hall–Kier alpha value is -1.72. The first-order valence-corrected chi connectivity index (χ1v) is 7.34. The molecule has 1 aromatic carbocycles. The van der Waals surface area contributed by atoms with Crippen LogP contribution in [0.25, 0.3) is 0 Å². The van der Waals surface area contributed by atoms with Crippen LogP contribution in [-0.4, -0.2) is 35.8 Å². The first kappa shape index (κ1) is 16.6. The average Bonchev–Trinajstić information content (AvgIpc) is 2.95. The third kappa shape index (κ3) is 3.20. The van der Waals surface area contributed by atoms with Crippen LogP contribution in [0.5, 0.6) is 0 Å². The lowest BCUT2D eigenvalue weighted by Crippen LogP contribution is -2.51. The van der Waals surface area contributed by atoms with Crippen molar-refractivity contribution in [2.24, 2.45) is 0 Å². The lowest BCUT2D eigenvalue weighted by atomic mass is 10.1. The van der Waals surface area contributed by atoms with Gasteiger partial charge in [-0.1, -0.05) is 24.8 Å². The van der Waals surface area contributed by atoms with Crippen molar-refractivity contribution in [3.8, 4) is 0 Å². The molecule has 0 aliphatic carbocycles. The second-order valence-electron chi connectivity index (χ2n) is 5.61. The topological polar surface area (TPSA) is 38.8 Å². The van der Waals surface area contributed by atoms with E-state index in [2.05, 4.69) is 6.58 Å². The Kier molecular flexibility index (Phi) is 4.98. The molecule has 22 heavy (non-hydrogen) atoms. The smallest absolute Gasteiger partial charge is 0.246 e. The molecule has 0 radical (unpaired) electrons. The van der Waals surface area contributed by atoms with Crippen molar-refractivity contribution in [3.63, 3.8) is 0 Å². The van der Waals surface area contributed by atoms with Crippen molar-refractivity contribution in [2.45, 2.75) is 39.1 Å². The SMILES string of the molecule is C=CC(=O)N(Cc1cccc(C)c1F)C(C)C1(C)OCCO1. The molecule has 1 saturated heterocycles. The lowest BCUT2D eigenvalue weighted by molar-refractivity contribution is -0.189.